The van der Waals surface area contributed by atoms with Crippen LogP contribution >= 0.6 is 0 Å². The number of halogens is 3. The Hall–Kier alpha value is -1.15. The van der Waals surface area contributed by atoms with E-state index in [0.717, 1.165) is 5.56 Å². The summed E-state index contributed by atoms with van der Waals surface area (Å²) < 4.78 is 55.7. The fraction of sp³-hybridized carbons (Fsp3) is 0.643. The number of rotatable bonds is 5. The van der Waals surface area contributed by atoms with Gasteiger partial charge in [-0.15, -0.1) is 0 Å². The molecule has 0 aliphatic rings. The van der Waals surface area contributed by atoms with Gasteiger partial charge >= 0.3 is 6.18 Å². The number of nitrogens with one attached hydrogen (secondary N) is 1. The summed E-state index contributed by atoms with van der Waals surface area (Å²) in [7, 11) is -1.25. The number of aromatic nitrogens is 1. The van der Waals surface area contributed by atoms with E-state index >= 15 is 0 Å². The molecule has 1 heterocycles. The zero-order valence-electron chi connectivity index (χ0n) is 13.2. The third-order valence-electron chi connectivity index (χ3n) is 2.76. The summed E-state index contributed by atoms with van der Waals surface area (Å²) in [6, 6.07) is 1.43. The zero-order valence-corrected chi connectivity index (χ0v) is 14.1. The summed E-state index contributed by atoms with van der Waals surface area (Å²) in [6.07, 6.45) is -2.97. The fourth-order valence-electron chi connectivity index (χ4n) is 1.53. The van der Waals surface area contributed by atoms with E-state index in [9.17, 15) is 17.4 Å². The average molecular weight is 338 g/mol. The molecule has 22 heavy (non-hydrogen) atoms. The molecule has 1 aromatic rings. The third-order valence-corrected chi connectivity index (χ3v) is 4.44. The van der Waals surface area contributed by atoms with Gasteiger partial charge in [0.05, 0.1) is 15.7 Å². The summed E-state index contributed by atoms with van der Waals surface area (Å²) in [6.45, 7) is 7.61. The summed E-state index contributed by atoms with van der Waals surface area (Å²) in [5, 5.41) is 0. The van der Waals surface area contributed by atoms with Crippen LogP contribution in [0.2, 0.25) is 0 Å². The quantitative estimate of drug-likeness (QED) is 0.895. The van der Waals surface area contributed by atoms with E-state index < -0.39 is 28.5 Å². The summed E-state index contributed by atoms with van der Waals surface area (Å²) >= 11 is 0. The van der Waals surface area contributed by atoms with Gasteiger partial charge in [0.1, 0.15) is 0 Å². The van der Waals surface area contributed by atoms with E-state index in [1.165, 1.54) is 6.20 Å². The van der Waals surface area contributed by atoms with Crippen LogP contribution in [0, 0.1) is 6.92 Å². The molecule has 0 aromatic carbocycles. The van der Waals surface area contributed by atoms with Crippen molar-refractivity contribution < 1.29 is 22.1 Å². The predicted octanol–water partition coefficient (Wildman–Crippen LogP) is 3.44. The Labute approximate surface area is 131 Å². The average Bonchev–Trinajstić information content (AvgIpc) is 2.34. The van der Waals surface area contributed by atoms with Crippen molar-refractivity contribution in [1.82, 2.24) is 9.71 Å². The van der Waals surface area contributed by atoms with E-state index in [1.807, 2.05) is 27.7 Å². The maximum Gasteiger partial charge on any atom is 0.422 e. The molecule has 4 nitrogen and oxygen atoms in total. The van der Waals surface area contributed by atoms with Crippen LogP contribution in [0.4, 0.5) is 13.2 Å². The highest BCUT2D eigenvalue weighted by molar-refractivity contribution is 7.84. The third kappa shape index (κ3) is 5.92. The minimum atomic E-state index is -4.40. The monoisotopic (exact) mass is 338 g/mol. The smallest absolute Gasteiger partial charge is 0.422 e. The molecule has 1 aromatic heterocycles. The normalized spacial score (nSPS) is 15.5. The van der Waals surface area contributed by atoms with Gasteiger partial charge in [-0.25, -0.2) is 13.9 Å². The van der Waals surface area contributed by atoms with Crippen molar-refractivity contribution in [3.05, 3.63) is 23.4 Å². The first-order valence-electron chi connectivity index (χ1n) is 6.74. The molecular formula is C14H21F3N2O2S. The van der Waals surface area contributed by atoms with Crippen molar-refractivity contribution in [3.63, 3.8) is 0 Å². The lowest BCUT2D eigenvalue weighted by Crippen LogP contribution is -2.34. The summed E-state index contributed by atoms with van der Waals surface area (Å²) in [5.74, 6) is -0.0507. The topological polar surface area (TPSA) is 51.2 Å². The highest BCUT2D eigenvalue weighted by Crippen LogP contribution is 2.23. The van der Waals surface area contributed by atoms with Crippen molar-refractivity contribution in [1.29, 1.82) is 0 Å². The maximum absolute atomic E-state index is 12.1. The van der Waals surface area contributed by atoms with Gasteiger partial charge in [0.15, 0.2) is 6.61 Å². The number of hydrogen-bond acceptors (Lipinski definition) is 3. The van der Waals surface area contributed by atoms with Crippen LogP contribution in [0.5, 0.6) is 5.88 Å². The van der Waals surface area contributed by atoms with Crippen molar-refractivity contribution >= 4 is 11.0 Å². The van der Waals surface area contributed by atoms with Crippen LogP contribution in [0.1, 0.15) is 44.9 Å². The second-order valence-corrected chi connectivity index (χ2v) is 8.01. The SMILES string of the molecule is Cc1cc(C(C)N[S@@](=O)C(C)(C)C)cnc1OCC(F)(F)F. The van der Waals surface area contributed by atoms with E-state index in [1.54, 1.807) is 13.0 Å². The second kappa shape index (κ2) is 6.95. The van der Waals surface area contributed by atoms with Gasteiger partial charge in [0.2, 0.25) is 5.88 Å². The molecule has 0 radical (unpaired) electrons. The zero-order chi connectivity index (χ0) is 17.1. The van der Waals surface area contributed by atoms with Gasteiger partial charge < -0.3 is 4.74 Å². The fourth-order valence-corrected chi connectivity index (χ4v) is 2.34. The molecule has 1 N–H and O–H groups in total. The highest BCUT2D eigenvalue weighted by Gasteiger charge is 2.29. The van der Waals surface area contributed by atoms with Gasteiger partial charge in [0, 0.05) is 17.8 Å². The minimum absolute atomic E-state index is 0.0507. The van der Waals surface area contributed by atoms with Crippen molar-refractivity contribution in [3.8, 4) is 5.88 Å². The Morgan fingerprint density at radius 2 is 1.95 bits per heavy atom. The molecule has 0 saturated carbocycles. The van der Waals surface area contributed by atoms with Crippen molar-refractivity contribution in [2.75, 3.05) is 6.61 Å². The Bertz CT molecular complexity index is 542. The largest absolute Gasteiger partial charge is 0.468 e. The molecular weight excluding hydrogens is 317 g/mol. The first kappa shape index (κ1) is 18.9. The maximum atomic E-state index is 12.1. The van der Waals surface area contributed by atoms with Crippen LogP contribution in [-0.2, 0) is 11.0 Å². The lowest BCUT2D eigenvalue weighted by Gasteiger charge is -2.22. The molecule has 2 atom stereocenters. The molecule has 0 saturated heterocycles. The van der Waals surface area contributed by atoms with E-state index in [0.29, 0.717) is 5.56 Å². The van der Waals surface area contributed by atoms with Crippen LogP contribution in [-0.4, -0.2) is 26.7 Å². The first-order valence-corrected chi connectivity index (χ1v) is 7.89. The first-order chi connectivity index (χ1) is 9.90. The second-order valence-electron chi connectivity index (χ2n) is 6.02. The molecule has 0 fully saturated rings. The van der Waals surface area contributed by atoms with Crippen LogP contribution in [0.3, 0.4) is 0 Å². The molecule has 0 bridgehead atoms. The van der Waals surface area contributed by atoms with Crippen LogP contribution < -0.4 is 9.46 Å². The highest BCUT2D eigenvalue weighted by atomic mass is 32.2. The molecule has 0 spiro atoms. The lowest BCUT2D eigenvalue weighted by molar-refractivity contribution is -0.154. The molecule has 0 aliphatic carbocycles. The summed E-state index contributed by atoms with van der Waals surface area (Å²) in [5.41, 5.74) is 1.23. The van der Waals surface area contributed by atoms with E-state index in [4.69, 9.17) is 0 Å². The number of hydrogen-bond donors (Lipinski definition) is 1. The minimum Gasteiger partial charge on any atom is -0.468 e. The predicted molar refractivity (Wildman–Crippen MR) is 80.0 cm³/mol. The molecule has 126 valence electrons. The Morgan fingerprint density at radius 3 is 2.41 bits per heavy atom. The molecule has 0 amide bonds. The van der Waals surface area contributed by atoms with Gasteiger partial charge in [-0.05, 0) is 46.2 Å². The Balaban J connectivity index is 2.78. The van der Waals surface area contributed by atoms with Gasteiger partial charge in [-0.3, -0.25) is 0 Å². The number of aryl methyl sites for hydroxylation is 1. The Morgan fingerprint density at radius 1 is 1.36 bits per heavy atom. The lowest BCUT2D eigenvalue weighted by atomic mass is 10.1. The Kier molecular flexibility index (Phi) is 5.97. The number of pyridine rings is 1. The van der Waals surface area contributed by atoms with Crippen molar-refractivity contribution in [2.45, 2.75) is 51.6 Å². The molecule has 8 heteroatoms. The van der Waals surface area contributed by atoms with Gasteiger partial charge in [-0.2, -0.15) is 13.2 Å². The van der Waals surface area contributed by atoms with E-state index in [2.05, 4.69) is 14.4 Å². The summed E-state index contributed by atoms with van der Waals surface area (Å²) in [4.78, 5) is 3.91. The number of alkyl halides is 3. The van der Waals surface area contributed by atoms with Gasteiger partial charge in [-0.1, -0.05) is 0 Å². The van der Waals surface area contributed by atoms with Crippen LogP contribution in [0.15, 0.2) is 12.3 Å². The van der Waals surface area contributed by atoms with Gasteiger partial charge in [0.25, 0.3) is 0 Å². The van der Waals surface area contributed by atoms with E-state index in [-0.39, 0.29) is 11.9 Å². The van der Waals surface area contributed by atoms with Crippen LogP contribution in [0.25, 0.3) is 0 Å². The number of ether oxygens (including phenoxy) is 1. The standard InChI is InChI=1S/C14H21F3N2O2S/c1-9-6-11(10(2)19-22(20)13(3,4)5)7-18-12(9)21-8-14(15,16)17/h6-7,10,19H,8H2,1-5H3/t10?,22-/m0/s1. The van der Waals surface area contributed by atoms with Crippen molar-refractivity contribution in [2.24, 2.45) is 0 Å². The molecule has 1 rings (SSSR count). The number of nitrogens with zero attached hydrogens (tertiary/aromatic N) is 1. The molecule has 0 aliphatic heterocycles. The molecule has 1 unspecified atom stereocenters.